The summed E-state index contributed by atoms with van der Waals surface area (Å²) in [5.74, 6) is -1.14. The summed E-state index contributed by atoms with van der Waals surface area (Å²) in [6, 6.07) is 9.36. The van der Waals surface area contributed by atoms with E-state index in [0.29, 0.717) is 5.57 Å². The van der Waals surface area contributed by atoms with Crippen LogP contribution in [0.2, 0.25) is 0 Å². The molecule has 0 saturated carbocycles. The molecule has 1 unspecified atom stereocenters. The zero-order chi connectivity index (χ0) is 15.4. The first kappa shape index (κ1) is 15.0. The number of amides is 3. The lowest BCUT2D eigenvalue weighted by Gasteiger charge is -2.13. The summed E-state index contributed by atoms with van der Waals surface area (Å²) in [6.45, 7) is 1.97. The van der Waals surface area contributed by atoms with Gasteiger partial charge in [-0.05, 0) is 5.56 Å². The second-order valence-electron chi connectivity index (χ2n) is 5.04. The molecule has 1 atom stereocenters. The van der Waals surface area contributed by atoms with E-state index >= 15 is 0 Å². The number of carbonyl (C=O) groups excluding carboxylic acids is 3. The number of imide groups is 1. The highest BCUT2D eigenvalue weighted by molar-refractivity contribution is 6.13. The van der Waals surface area contributed by atoms with Crippen molar-refractivity contribution < 1.29 is 14.4 Å². The van der Waals surface area contributed by atoms with Gasteiger partial charge < -0.3 is 5.32 Å². The van der Waals surface area contributed by atoms with E-state index in [-0.39, 0.29) is 30.7 Å². The number of rotatable bonds is 4. The molecule has 3 amide bonds. The third-order valence-corrected chi connectivity index (χ3v) is 3.46. The number of likely N-dealkylation sites (tertiary alicyclic amines) is 1. The fourth-order valence-corrected chi connectivity index (χ4v) is 2.28. The van der Waals surface area contributed by atoms with Gasteiger partial charge in [0, 0.05) is 12.6 Å². The van der Waals surface area contributed by atoms with Crippen molar-refractivity contribution in [3.05, 3.63) is 47.5 Å². The van der Waals surface area contributed by atoms with E-state index in [1.165, 1.54) is 4.90 Å². The lowest BCUT2D eigenvalue weighted by Crippen LogP contribution is -2.29. The van der Waals surface area contributed by atoms with Crippen molar-refractivity contribution in [2.75, 3.05) is 7.05 Å². The predicted octanol–water partition coefficient (Wildman–Crippen LogP) is 1.25. The Morgan fingerprint density at radius 1 is 1.33 bits per heavy atom. The van der Waals surface area contributed by atoms with Gasteiger partial charge in [-0.2, -0.15) is 0 Å². The van der Waals surface area contributed by atoms with Crippen molar-refractivity contribution in [2.45, 2.75) is 19.9 Å². The summed E-state index contributed by atoms with van der Waals surface area (Å²) in [6.07, 6.45) is 1.64. The average molecular weight is 286 g/mol. The molecule has 1 aromatic carbocycles. The number of hydrogen-bond acceptors (Lipinski definition) is 3. The molecule has 1 aliphatic heterocycles. The van der Waals surface area contributed by atoms with E-state index in [1.54, 1.807) is 20.0 Å². The summed E-state index contributed by atoms with van der Waals surface area (Å²) >= 11 is 0. The van der Waals surface area contributed by atoms with Crippen molar-refractivity contribution in [1.29, 1.82) is 0 Å². The van der Waals surface area contributed by atoms with Crippen LogP contribution in [0.25, 0.3) is 0 Å². The molecule has 5 heteroatoms. The van der Waals surface area contributed by atoms with Crippen LogP contribution in [0.15, 0.2) is 42.0 Å². The van der Waals surface area contributed by atoms with Gasteiger partial charge in [0.25, 0.3) is 5.91 Å². The van der Waals surface area contributed by atoms with Crippen molar-refractivity contribution in [2.24, 2.45) is 5.92 Å². The quantitative estimate of drug-likeness (QED) is 0.669. The fraction of sp³-hybridized carbons (Fsp3) is 0.312. The maximum atomic E-state index is 12.3. The number of nitrogens with zero attached hydrogens (tertiary/aromatic N) is 1. The summed E-state index contributed by atoms with van der Waals surface area (Å²) in [5, 5.41) is 2.52. The Morgan fingerprint density at radius 3 is 2.62 bits per heavy atom. The Bertz CT molecular complexity index is 593. The third-order valence-electron chi connectivity index (χ3n) is 3.46. The Morgan fingerprint density at radius 2 is 2.00 bits per heavy atom. The van der Waals surface area contributed by atoms with Gasteiger partial charge in [-0.25, -0.2) is 0 Å². The van der Waals surface area contributed by atoms with Crippen LogP contribution in [0.4, 0.5) is 0 Å². The number of benzene rings is 1. The summed E-state index contributed by atoms with van der Waals surface area (Å²) in [4.78, 5) is 37.0. The summed E-state index contributed by atoms with van der Waals surface area (Å²) < 4.78 is 0. The van der Waals surface area contributed by atoms with Crippen molar-refractivity contribution >= 4 is 17.7 Å². The highest BCUT2D eigenvalue weighted by atomic mass is 16.2. The fourth-order valence-electron chi connectivity index (χ4n) is 2.28. The van der Waals surface area contributed by atoms with Crippen LogP contribution in [0, 0.1) is 5.92 Å². The molecular formula is C16H18N2O3. The zero-order valence-electron chi connectivity index (χ0n) is 12.1. The summed E-state index contributed by atoms with van der Waals surface area (Å²) in [7, 11) is 1.54. The van der Waals surface area contributed by atoms with Crippen LogP contribution in [0.5, 0.6) is 0 Å². The first-order valence-electron chi connectivity index (χ1n) is 6.84. The predicted molar refractivity (Wildman–Crippen MR) is 77.9 cm³/mol. The van der Waals surface area contributed by atoms with Crippen LogP contribution >= 0.6 is 0 Å². The normalized spacial score (nSPS) is 18.2. The highest BCUT2D eigenvalue weighted by Crippen LogP contribution is 2.22. The zero-order valence-corrected chi connectivity index (χ0v) is 12.1. The van der Waals surface area contributed by atoms with Gasteiger partial charge in [-0.3, -0.25) is 19.3 Å². The Hall–Kier alpha value is -2.43. The largest absolute Gasteiger partial charge is 0.359 e. The van der Waals surface area contributed by atoms with Crippen LogP contribution in [-0.4, -0.2) is 29.7 Å². The molecule has 1 aliphatic rings. The minimum atomic E-state index is -0.432. The molecule has 21 heavy (non-hydrogen) atoms. The summed E-state index contributed by atoms with van der Waals surface area (Å²) in [5.41, 5.74) is 1.30. The molecule has 110 valence electrons. The van der Waals surface area contributed by atoms with Crippen LogP contribution in [0.3, 0.4) is 0 Å². The lowest BCUT2D eigenvalue weighted by atomic mass is 10.1. The molecule has 2 rings (SSSR count). The van der Waals surface area contributed by atoms with Gasteiger partial charge in [0.2, 0.25) is 11.8 Å². The van der Waals surface area contributed by atoms with E-state index in [2.05, 4.69) is 5.32 Å². The Labute approximate surface area is 123 Å². The van der Waals surface area contributed by atoms with Crippen molar-refractivity contribution in [3.63, 3.8) is 0 Å². The lowest BCUT2D eigenvalue weighted by molar-refractivity contribution is -0.138. The second kappa shape index (κ2) is 6.35. The minimum Gasteiger partial charge on any atom is -0.359 e. The molecule has 1 fully saturated rings. The number of hydrogen-bond donors (Lipinski definition) is 1. The SMILES string of the molecule is CNC(=O)C(C)/C=C1\CC(=O)N(Cc2ccccc2)C1=O. The molecule has 0 aromatic heterocycles. The smallest absolute Gasteiger partial charge is 0.256 e. The molecule has 0 spiro atoms. The third kappa shape index (κ3) is 3.37. The molecular weight excluding hydrogens is 268 g/mol. The van der Waals surface area contributed by atoms with Gasteiger partial charge in [-0.15, -0.1) is 0 Å². The van der Waals surface area contributed by atoms with Gasteiger partial charge in [0.15, 0.2) is 0 Å². The number of nitrogens with one attached hydrogen (secondary N) is 1. The van der Waals surface area contributed by atoms with Crippen LogP contribution in [-0.2, 0) is 20.9 Å². The van der Waals surface area contributed by atoms with Crippen LogP contribution in [0.1, 0.15) is 18.9 Å². The standard InChI is InChI=1S/C16H18N2O3/c1-11(15(20)17-2)8-13-9-14(19)18(16(13)21)10-12-6-4-3-5-7-12/h3-8,11H,9-10H2,1-2H3,(H,17,20)/b13-8+. The second-order valence-corrected chi connectivity index (χ2v) is 5.04. The first-order chi connectivity index (χ1) is 10.0. The Balaban J connectivity index is 2.13. The molecule has 1 heterocycles. The monoisotopic (exact) mass is 286 g/mol. The Kier molecular flexibility index (Phi) is 4.52. The molecule has 0 radical (unpaired) electrons. The molecule has 0 bridgehead atoms. The molecule has 5 nitrogen and oxygen atoms in total. The van der Waals surface area contributed by atoms with Gasteiger partial charge in [-0.1, -0.05) is 43.3 Å². The van der Waals surface area contributed by atoms with E-state index < -0.39 is 5.92 Å². The first-order valence-corrected chi connectivity index (χ1v) is 6.84. The van der Waals surface area contributed by atoms with Gasteiger partial charge in [0.05, 0.1) is 18.9 Å². The van der Waals surface area contributed by atoms with Gasteiger partial charge in [0.1, 0.15) is 0 Å². The van der Waals surface area contributed by atoms with E-state index in [0.717, 1.165) is 5.56 Å². The average Bonchev–Trinajstić information content (AvgIpc) is 2.75. The topological polar surface area (TPSA) is 66.5 Å². The van der Waals surface area contributed by atoms with Crippen molar-refractivity contribution in [3.8, 4) is 0 Å². The van der Waals surface area contributed by atoms with Crippen molar-refractivity contribution in [1.82, 2.24) is 10.2 Å². The van der Waals surface area contributed by atoms with E-state index in [9.17, 15) is 14.4 Å². The minimum absolute atomic E-state index is 0.0625. The van der Waals surface area contributed by atoms with Crippen LogP contribution < -0.4 is 5.32 Å². The maximum Gasteiger partial charge on any atom is 0.256 e. The molecule has 1 N–H and O–H groups in total. The van der Waals surface area contributed by atoms with Gasteiger partial charge >= 0.3 is 0 Å². The molecule has 1 saturated heterocycles. The van der Waals surface area contributed by atoms with E-state index in [1.807, 2.05) is 30.3 Å². The molecule has 0 aliphatic carbocycles. The van der Waals surface area contributed by atoms with E-state index in [4.69, 9.17) is 0 Å². The molecule has 1 aromatic rings. The maximum absolute atomic E-state index is 12.3. The number of carbonyl (C=O) groups is 3. The highest BCUT2D eigenvalue weighted by Gasteiger charge is 2.34.